The number of rotatable bonds is 2. The molecule has 0 spiro atoms. The number of aryl methyl sites for hydroxylation is 1. The average Bonchev–Trinajstić information content (AvgIpc) is 3.29. The topological polar surface area (TPSA) is 64.8 Å². The third kappa shape index (κ3) is 2.38. The first-order valence-electron chi connectivity index (χ1n) is 9.11. The number of allylic oxidation sites excluding steroid dienone is 1. The van der Waals surface area contributed by atoms with Gasteiger partial charge in [0.15, 0.2) is 22.0 Å². The van der Waals surface area contributed by atoms with Crippen molar-refractivity contribution < 1.29 is 9.59 Å². The van der Waals surface area contributed by atoms with E-state index in [4.69, 9.17) is 0 Å². The Bertz CT molecular complexity index is 1280. The van der Waals surface area contributed by atoms with E-state index in [0.717, 1.165) is 27.1 Å². The van der Waals surface area contributed by atoms with Crippen molar-refractivity contribution in [2.45, 2.75) is 19.8 Å². The van der Waals surface area contributed by atoms with Crippen LogP contribution in [0.2, 0.25) is 0 Å². The van der Waals surface area contributed by atoms with Crippen molar-refractivity contribution >= 4 is 50.2 Å². The molecule has 0 aliphatic heterocycles. The third-order valence-electron chi connectivity index (χ3n) is 5.13. The summed E-state index contributed by atoms with van der Waals surface area (Å²) < 4.78 is 1.97. The van der Waals surface area contributed by atoms with Crippen LogP contribution in [0.3, 0.4) is 0 Å². The van der Waals surface area contributed by atoms with Crippen LogP contribution in [-0.2, 0) is 7.05 Å². The van der Waals surface area contributed by atoms with Gasteiger partial charge >= 0.3 is 0 Å². The van der Waals surface area contributed by atoms with Gasteiger partial charge in [-0.25, -0.2) is 9.97 Å². The van der Waals surface area contributed by atoms with Gasteiger partial charge in [-0.3, -0.25) is 9.59 Å². The monoisotopic (exact) mass is 387 g/mol. The molecule has 1 aliphatic rings. The SMILES string of the molecule is CC(C)c1nc2sc(C=C3C(=O)c4cc5ccccc5cc4C3=O)nc2n1C. The summed E-state index contributed by atoms with van der Waals surface area (Å²) in [5.41, 5.74) is 1.89. The molecular formula is C22H17N3O2S. The standard InChI is InChI=1S/C22H17N3O2S/c1-11(2)20-24-22-21(25(20)3)23-17(28-22)10-16-18(26)14-8-12-6-4-5-7-13(12)9-15(14)19(16)27/h4-11H,1-3H3. The predicted octanol–water partition coefficient (Wildman–Crippen LogP) is 4.77. The van der Waals surface area contributed by atoms with Gasteiger partial charge in [0.05, 0.1) is 5.57 Å². The fraction of sp³-hybridized carbons (Fsp3) is 0.182. The van der Waals surface area contributed by atoms with Gasteiger partial charge in [-0.05, 0) is 29.0 Å². The fourth-order valence-electron chi connectivity index (χ4n) is 3.74. The van der Waals surface area contributed by atoms with E-state index in [1.165, 1.54) is 11.3 Å². The highest BCUT2D eigenvalue weighted by Gasteiger charge is 2.33. The first kappa shape index (κ1) is 17.0. The highest BCUT2D eigenvalue weighted by molar-refractivity contribution is 7.18. The molecule has 4 aromatic rings. The number of Topliss-reactive ketones (excluding diaryl/α,β-unsaturated/α-hetero) is 2. The van der Waals surface area contributed by atoms with Crippen molar-refractivity contribution in [1.82, 2.24) is 14.5 Å². The molecule has 5 rings (SSSR count). The Morgan fingerprint density at radius 3 is 2.14 bits per heavy atom. The number of benzene rings is 2. The molecule has 0 atom stereocenters. The lowest BCUT2D eigenvalue weighted by Gasteiger charge is -2.03. The molecule has 2 heterocycles. The number of nitrogens with zero attached hydrogens (tertiary/aromatic N) is 3. The van der Waals surface area contributed by atoms with Crippen molar-refractivity contribution in [2.24, 2.45) is 7.05 Å². The van der Waals surface area contributed by atoms with Gasteiger partial charge < -0.3 is 4.57 Å². The molecule has 2 aromatic heterocycles. The van der Waals surface area contributed by atoms with Gasteiger partial charge in [-0.2, -0.15) is 0 Å². The second-order valence-corrected chi connectivity index (χ2v) is 8.33. The summed E-state index contributed by atoms with van der Waals surface area (Å²) in [6.45, 7) is 4.18. The van der Waals surface area contributed by atoms with E-state index in [9.17, 15) is 9.59 Å². The minimum atomic E-state index is -0.235. The number of ketones is 2. The zero-order valence-electron chi connectivity index (χ0n) is 15.7. The number of carbonyl (C=O) groups excluding carboxylic acids is 2. The number of carbonyl (C=O) groups is 2. The summed E-state index contributed by atoms with van der Waals surface area (Å²) in [5.74, 6) is 0.802. The minimum absolute atomic E-state index is 0.174. The molecule has 6 heteroatoms. The molecule has 0 saturated carbocycles. The van der Waals surface area contributed by atoms with Crippen LogP contribution in [0.15, 0.2) is 42.0 Å². The smallest absolute Gasteiger partial charge is 0.197 e. The Balaban J connectivity index is 1.60. The number of thiazole rings is 1. The van der Waals surface area contributed by atoms with Gasteiger partial charge in [0, 0.05) is 24.1 Å². The van der Waals surface area contributed by atoms with Crippen LogP contribution < -0.4 is 0 Å². The van der Waals surface area contributed by atoms with Crippen molar-refractivity contribution in [3.63, 3.8) is 0 Å². The molecule has 0 amide bonds. The lowest BCUT2D eigenvalue weighted by molar-refractivity contribution is 0.0990. The third-order valence-corrected chi connectivity index (χ3v) is 6.02. The molecule has 2 aromatic carbocycles. The molecule has 0 unspecified atom stereocenters. The highest BCUT2D eigenvalue weighted by Crippen LogP contribution is 2.33. The number of imidazole rings is 1. The molecular weight excluding hydrogens is 370 g/mol. The van der Waals surface area contributed by atoms with Gasteiger partial charge in [0.2, 0.25) is 0 Å². The van der Waals surface area contributed by atoms with Crippen LogP contribution in [0.25, 0.3) is 27.3 Å². The van der Waals surface area contributed by atoms with Crippen molar-refractivity contribution in [1.29, 1.82) is 0 Å². The summed E-state index contributed by atoms with van der Waals surface area (Å²) in [6.07, 6.45) is 1.61. The fourth-order valence-corrected chi connectivity index (χ4v) is 4.66. The highest BCUT2D eigenvalue weighted by atomic mass is 32.1. The number of hydrogen-bond acceptors (Lipinski definition) is 5. The average molecular weight is 387 g/mol. The van der Waals surface area contributed by atoms with Gasteiger partial charge in [-0.1, -0.05) is 49.4 Å². The second kappa shape index (κ2) is 5.94. The molecule has 0 radical (unpaired) electrons. The molecule has 0 fully saturated rings. The van der Waals surface area contributed by atoms with Crippen molar-refractivity contribution in [2.75, 3.05) is 0 Å². The van der Waals surface area contributed by atoms with Gasteiger partial charge in [-0.15, -0.1) is 0 Å². The predicted molar refractivity (Wildman–Crippen MR) is 111 cm³/mol. The summed E-state index contributed by atoms with van der Waals surface area (Å²) in [7, 11) is 1.94. The van der Waals surface area contributed by atoms with E-state index in [0.29, 0.717) is 22.1 Å². The lowest BCUT2D eigenvalue weighted by Crippen LogP contribution is -2.01. The largest absolute Gasteiger partial charge is 0.315 e. The molecule has 138 valence electrons. The van der Waals surface area contributed by atoms with Crippen LogP contribution in [0.4, 0.5) is 0 Å². The van der Waals surface area contributed by atoms with E-state index >= 15 is 0 Å². The Morgan fingerprint density at radius 1 is 1.00 bits per heavy atom. The maximum atomic E-state index is 12.9. The summed E-state index contributed by atoms with van der Waals surface area (Å²) >= 11 is 1.40. The summed E-state index contributed by atoms with van der Waals surface area (Å²) in [6, 6.07) is 11.3. The minimum Gasteiger partial charge on any atom is -0.315 e. The van der Waals surface area contributed by atoms with E-state index in [2.05, 4.69) is 23.8 Å². The Morgan fingerprint density at radius 2 is 1.61 bits per heavy atom. The maximum Gasteiger partial charge on any atom is 0.197 e. The van der Waals surface area contributed by atoms with E-state index < -0.39 is 0 Å². The second-order valence-electron chi connectivity index (χ2n) is 7.33. The van der Waals surface area contributed by atoms with Crippen LogP contribution in [0.1, 0.15) is 51.3 Å². The molecule has 1 aliphatic carbocycles. The number of aromatic nitrogens is 3. The Kier molecular flexibility index (Phi) is 3.61. The van der Waals surface area contributed by atoms with Gasteiger partial charge in [0.1, 0.15) is 10.8 Å². The maximum absolute atomic E-state index is 12.9. The zero-order chi connectivity index (χ0) is 19.6. The lowest BCUT2D eigenvalue weighted by atomic mass is 10.0. The first-order valence-corrected chi connectivity index (χ1v) is 9.92. The van der Waals surface area contributed by atoms with Crippen LogP contribution >= 0.6 is 11.3 Å². The Labute approximate surface area is 165 Å². The molecule has 0 N–H and O–H groups in total. The van der Waals surface area contributed by atoms with Crippen LogP contribution in [0.5, 0.6) is 0 Å². The van der Waals surface area contributed by atoms with Crippen LogP contribution in [-0.4, -0.2) is 26.1 Å². The molecule has 0 saturated heterocycles. The quantitative estimate of drug-likeness (QED) is 0.367. The van der Waals surface area contributed by atoms with E-state index in [1.807, 2.05) is 35.9 Å². The zero-order valence-corrected chi connectivity index (χ0v) is 16.5. The van der Waals surface area contributed by atoms with Crippen LogP contribution in [0, 0.1) is 0 Å². The number of hydrogen-bond donors (Lipinski definition) is 0. The summed E-state index contributed by atoms with van der Waals surface area (Å²) in [4.78, 5) is 35.8. The molecule has 0 bridgehead atoms. The van der Waals surface area contributed by atoms with Gasteiger partial charge in [0.25, 0.3) is 0 Å². The van der Waals surface area contributed by atoms with Crippen molar-refractivity contribution in [3.05, 3.63) is 63.9 Å². The molecule has 5 nitrogen and oxygen atoms in total. The normalized spacial score (nSPS) is 13.9. The number of fused-ring (bicyclic) bond motifs is 3. The Hall–Kier alpha value is -3.12. The van der Waals surface area contributed by atoms with E-state index in [-0.39, 0.29) is 17.1 Å². The summed E-state index contributed by atoms with van der Waals surface area (Å²) in [5, 5.41) is 2.53. The first-order chi connectivity index (χ1) is 13.4. The van der Waals surface area contributed by atoms with Crippen molar-refractivity contribution in [3.8, 4) is 0 Å². The van der Waals surface area contributed by atoms with E-state index in [1.54, 1.807) is 18.2 Å². The molecule has 28 heavy (non-hydrogen) atoms.